The molecule has 3 N–H and O–H groups in total. The molecular weight excluding hydrogens is 244 g/mol. The van der Waals surface area contributed by atoms with Gasteiger partial charge in [0.15, 0.2) is 0 Å². The second-order valence-electron chi connectivity index (χ2n) is 5.07. The maximum Gasteiger partial charge on any atom is 0.237 e. The Labute approximate surface area is 113 Å². The van der Waals surface area contributed by atoms with Crippen molar-refractivity contribution in [3.8, 4) is 0 Å². The number of carbonyl (C=O) groups excluding carboxylic acids is 1. The zero-order chi connectivity index (χ0) is 13.3. The van der Waals surface area contributed by atoms with E-state index < -0.39 is 5.41 Å². The van der Waals surface area contributed by atoms with Crippen molar-refractivity contribution in [1.29, 1.82) is 0 Å². The van der Waals surface area contributed by atoms with E-state index in [4.69, 9.17) is 18.0 Å². The number of aryl methyl sites for hydroxylation is 2. The van der Waals surface area contributed by atoms with Crippen molar-refractivity contribution in [2.45, 2.75) is 33.1 Å². The minimum absolute atomic E-state index is 0.0618. The summed E-state index contributed by atoms with van der Waals surface area (Å²) in [7, 11) is 0. The van der Waals surface area contributed by atoms with Crippen molar-refractivity contribution in [2.75, 3.05) is 5.32 Å². The van der Waals surface area contributed by atoms with Gasteiger partial charge in [-0.2, -0.15) is 0 Å². The van der Waals surface area contributed by atoms with Gasteiger partial charge in [-0.1, -0.05) is 36.3 Å². The predicted octanol–water partition coefficient (Wildman–Crippen LogP) is 2.70. The Kier molecular flexibility index (Phi) is 3.39. The predicted molar refractivity (Wildman–Crippen MR) is 77.6 cm³/mol. The normalized spacial score (nSPS) is 16.8. The zero-order valence-electron chi connectivity index (χ0n) is 10.7. The summed E-state index contributed by atoms with van der Waals surface area (Å²) < 4.78 is 0. The molecule has 3 nitrogen and oxygen atoms in total. The van der Waals surface area contributed by atoms with Gasteiger partial charge in [0.1, 0.15) is 0 Å². The van der Waals surface area contributed by atoms with Crippen molar-refractivity contribution in [3.63, 3.8) is 0 Å². The molecule has 2 rings (SSSR count). The van der Waals surface area contributed by atoms with E-state index >= 15 is 0 Å². The smallest absolute Gasteiger partial charge is 0.237 e. The highest BCUT2D eigenvalue weighted by Gasteiger charge is 2.46. The van der Waals surface area contributed by atoms with Crippen LogP contribution in [0.15, 0.2) is 18.2 Å². The van der Waals surface area contributed by atoms with Gasteiger partial charge in [0.2, 0.25) is 5.91 Å². The Hall–Kier alpha value is -1.42. The molecule has 0 aromatic heterocycles. The third kappa shape index (κ3) is 2.12. The summed E-state index contributed by atoms with van der Waals surface area (Å²) in [5.74, 6) is -0.0618. The maximum atomic E-state index is 12.3. The van der Waals surface area contributed by atoms with Gasteiger partial charge in [0.25, 0.3) is 0 Å². The number of thiocarbonyl (C=S) groups is 1. The fourth-order valence-corrected chi connectivity index (χ4v) is 2.61. The van der Waals surface area contributed by atoms with Crippen LogP contribution in [0.4, 0.5) is 5.69 Å². The van der Waals surface area contributed by atoms with E-state index in [2.05, 4.69) is 5.32 Å². The molecule has 1 fully saturated rings. The summed E-state index contributed by atoms with van der Waals surface area (Å²) in [6.07, 6.45) is 2.54. The highest BCUT2D eigenvalue weighted by molar-refractivity contribution is 7.80. The van der Waals surface area contributed by atoms with Gasteiger partial charge in [0, 0.05) is 5.69 Å². The van der Waals surface area contributed by atoms with Crippen LogP contribution in [0.3, 0.4) is 0 Å². The number of anilines is 1. The summed E-state index contributed by atoms with van der Waals surface area (Å²) in [6, 6.07) is 5.95. The molecule has 0 atom stereocenters. The average Bonchev–Trinajstić information content (AvgIpc) is 2.19. The Morgan fingerprint density at radius 2 is 2.06 bits per heavy atom. The molecule has 4 heteroatoms. The number of carbonyl (C=O) groups is 1. The number of amides is 1. The summed E-state index contributed by atoms with van der Waals surface area (Å²) in [5.41, 5.74) is 8.18. The highest BCUT2D eigenvalue weighted by Crippen LogP contribution is 2.42. The Balaban J connectivity index is 2.19. The number of hydrogen-bond donors (Lipinski definition) is 2. The monoisotopic (exact) mass is 262 g/mol. The van der Waals surface area contributed by atoms with Gasteiger partial charge in [-0.25, -0.2) is 0 Å². The third-order valence-electron chi connectivity index (χ3n) is 3.74. The van der Waals surface area contributed by atoms with E-state index in [1.165, 1.54) is 5.56 Å². The molecule has 0 heterocycles. The molecule has 0 spiro atoms. The summed E-state index contributed by atoms with van der Waals surface area (Å²) in [6.45, 7) is 4.01. The second-order valence-corrected chi connectivity index (χ2v) is 5.51. The van der Waals surface area contributed by atoms with Gasteiger partial charge in [0.05, 0.1) is 10.4 Å². The number of nitrogens with two attached hydrogens (primary N) is 1. The lowest BCUT2D eigenvalue weighted by Gasteiger charge is -2.39. The third-order valence-corrected chi connectivity index (χ3v) is 4.13. The molecule has 0 unspecified atom stereocenters. The van der Waals surface area contributed by atoms with Crippen LogP contribution >= 0.6 is 12.2 Å². The van der Waals surface area contributed by atoms with E-state index in [0.717, 1.165) is 30.5 Å². The largest absolute Gasteiger partial charge is 0.392 e. The number of rotatable bonds is 3. The minimum Gasteiger partial charge on any atom is -0.392 e. The molecule has 1 amide bonds. The molecule has 1 saturated carbocycles. The standard InChI is InChI=1S/C14H18N2OS/c1-9-4-5-11(10(2)8-9)16-13(17)14(12(15)18)6-3-7-14/h4-5,8H,3,6-7H2,1-2H3,(H2,15,18)(H,16,17). The first kappa shape index (κ1) is 13.0. The van der Waals surface area contributed by atoms with E-state index in [0.29, 0.717) is 4.99 Å². The lowest BCUT2D eigenvalue weighted by molar-refractivity contribution is -0.125. The average molecular weight is 262 g/mol. The topological polar surface area (TPSA) is 55.1 Å². The summed E-state index contributed by atoms with van der Waals surface area (Å²) >= 11 is 5.04. The van der Waals surface area contributed by atoms with Crippen LogP contribution in [-0.4, -0.2) is 10.9 Å². The fraction of sp³-hybridized carbons (Fsp3) is 0.429. The zero-order valence-corrected chi connectivity index (χ0v) is 11.6. The number of nitrogens with one attached hydrogen (secondary N) is 1. The molecule has 96 valence electrons. The van der Waals surface area contributed by atoms with Crippen LogP contribution < -0.4 is 11.1 Å². The Bertz CT molecular complexity index is 507. The molecule has 1 aliphatic rings. The van der Waals surface area contributed by atoms with Crippen LogP contribution in [0.5, 0.6) is 0 Å². The van der Waals surface area contributed by atoms with Crippen molar-refractivity contribution < 1.29 is 4.79 Å². The highest BCUT2D eigenvalue weighted by atomic mass is 32.1. The van der Waals surface area contributed by atoms with Crippen molar-refractivity contribution in [2.24, 2.45) is 11.1 Å². The Morgan fingerprint density at radius 1 is 1.39 bits per heavy atom. The number of benzene rings is 1. The molecular formula is C14H18N2OS. The first-order valence-corrected chi connectivity index (χ1v) is 6.55. The van der Waals surface area contributed by atoms with Crippen LogP contribution in [0.25, 0.3) is 0 Å². The molecule has 0 radical (unpaired) electrons. The molecule has 1 aromatic carbocycles. The van der Waals surface area contributed by atoms with Gasteiger partial charge in [-0.3, -0.25) is 4.79 Å². The van der Waals surface area contributed by atoms with E-state index in [9.17, 15) is 4.79 Å². The Morgan fingerprint density at radius 3 is 2.50 bits per heavy atom. The maximum absolute atomic E-state index is 12.3. The first-order valence-electron chi connectivity index (χ1n) is 6.14. The second kappa shape index (κ2) is 4.69. The van der Waals surface area contributed by atoms with Crippen molar-refractivity contribution >= 4 is 28.8 Å². The summed E-state index contributed by atoms with van der Waals surface area (Å²) in [4.78, 5) is 12.6. The molecule has 0 saturated heterocycles. The van der Waals surface area contributed by atoms with Gasteiger partial charge < -0.3 is 11.1 Å². The van der Waals surface area contributed by atoms with Crippen LogP contribution in [0, 0.1) is 19.3 Å². The quantitative estimate of drug-likeness (QED) is 0.823. The van der Waals surface area contributed by atoms with Crippen molar-refractivity contribution in [1.82, 2.24) is 0 Å². The van der Waals surface area contributed by atoms with E-state index in [-0.39, 0.29) is 5.91 Å². The van der Waals surface area contributed by atoms with E-state index in [1.54, 1.807) is 0 Å². The summed E-state index contributed by atoms with van der Waals surface area (Å²) in [5, 5.41) is 2.96. The lowest BCUT2D eigenvalue weighted by atomic mass is 9.68. The van der Waals surface area contributed by atoms with Crippen molar-refractivity contribution in [3.05, 3.63) is 29.3 Å². The molecule has 1 aromatic rings. The van der Waals surface area contributed by atoms with E-state index in [1.807, 2.05) is 32.0 Å². The first-order chi connectivity index (χ1) is 8.45. The van der Waals surface area contributed by atoms with Gasteiger partial charge >= 0.3 is 0 Å². The molecule has 0 bridgehead atoms. The lowest BCUT2D eigenvalue weighted by Crippen LogP contribution is -2.50. The molecule has 0 aliphatic heterocycles. The van der Waals surface area contributed by atoms with Crippen LogP contribution in [0.1, 0.15) is 30.4 Å². The molecule has 18 heavy (non-hydrogen) atoms. The SMILES string of the molecule is Cc1ccc(NC(=O)C2(C(N)=S)CCC2)c(C)c1. The minimum atomic E-state index is -0.618. The van der Waals surface area contributed by atoms with Gasteiger partial charge in [-0.15, -0.1) is 0 Å². The van der Waals surface area contributed by atoms with Gasteiger partial charge in [-0.05, 0) is 38.3 Å². The fourth-order valence-electron chi connectivity index (χ4n) is 2.31. The van der Waals surface area contributed by atoms with Crippen LogP contribution in [0.2, 0.25) is 0 Å². The molecule has 1 aliphatic carbocycles. The van der Waals surface area contributed by atoms with Crippen LogP contribution in [-0.2, 0) is 4.79 Å². The number of hydrogen-bond acceptors (Lipinski definition) is 2.